The fraction of sp³-hybridized carbons (Fsp3) is 0.364. The van der Waals surface area contributed by atoms with Crippen LogP contribution in [0.1, 0.15) is 5.82 Å². The highest BCUT2D eigenvalue weighted by atomic mass is 16.5. The number of nitrogen functional groups attached to an aromatic ring is 1. The van der Waals surface area contributed by atoms with Crippen LogP contribution in [0.5, 0.6) is 0 Å². The minimum absolute atomic E-state index is 0.536. The third kappa shape index (κ3) is 1.25. The Labute approximate surface area is 93.2 Å². The largest absolute Gasteiger partial charge is 0.399 e. The quantitative estimate of drug-likeness (QED) is 0.743. The van der Waals surface area contributed by atoms with Gasteiger partial charge in [-0.1, -0.05) is 0 Å². The molecule has 84 valence electrons. The van der Waals surface area contributed by atoms with E-state index < -0.39 is 0 Å². The number of hydrogen-bond acceptors (Lipinski definition) is 4. The van der Waals surface area contributed by atoms with E-state index in [4.69, 9.17) is 10.5 Å². The van der Waals surface area contributed by atoms with E-state index in [1.807, 2.05) is 12.1 Å². The molecule has 2 aromatic rings. The van der Waals surface area contributed by atoms with Crippen molar-refractivity contribution < 1.29 is 4.74 Å². The Bertz CT molecular complexity index is 546. The molecule has 0 amide bonds. The predicted molar refractivity (Wildman–Crippen MR) is 63.3 cm³/mol. The summed E-state index contributed by atoms with van der Waals surface area (Å²) in [5.74, 6) is 0.964. The number of benzene rings is 1. The molecule has 0 saturated carbocycles. The van der Waals surface area contributed by atoms with Crippen LogP contribution in [0.3, 0.4) is 0 Å². The summed E-state index contributed by atoms with van der Waals surface area (Å²) in [6.45, 7) is 2.36. The number of nitrogens with one attached hydrogen (secondary N) is 1. The van der Waals surface area contributed by atoms with Gasteiger partial charge in [0.05, 0.1) is 16.7 Å². The van der Waals surface area contributed by atoms with Crippen LogP contribution in [0.25, 0.3) is 11.0 Å². The maximum atomic E-state index is 5.84. The second kappa shape index (κ2) is 3.38. The summed E-state index contributed by atoms with van der Waals surface area (Å²) in [6, 6.07) is 3.86. The van der Waals surface area contributed by atoms with Gasteiger partial charge in [0.15, 0.2) is 0 Å². The van der Waals surface area contributed by atoms with Crippen molar-refractivity contribution in [2.75, 3.05) is 24.7 Å². The molecule has 1 aliphatic heterocycles. The first kappa shape index (κ1) is 9.47. The average Bonchev–Trinajstić information content (AvgIpc) is 2.59. The number of methoxy groups -OCH3 is 1. The Morgan fingerprint density at radius 2 is 2.44 bits per heavy atom. The maximum absolute atomic E-state index is 5.84. The fourth-order valence-electron chi connectivity index (χ4n) is 2.26. The Morgan fingerprint density at radius 1 is 1.56 bits per heavy atom. The van der Waals surface area contributed by atoms with E-state index in [1.54, 1.807) is 7.11 Å². The zero-order chi connectivity index (χ0) is 11.1. The lowest BCUT2D eigenvalue weighted by Crippen LogP contribution is -2.18. The number of ether oxygens (including phenoxy) is 1. The lowest BCUT2D eigenvalue weighted by Gasteiger charge is -2.18. The summed E-state index contributed by atoms with van der Waals surface area (Å²) in [4.78, 5) is 4.55. The number of hydrogen-bond donors (Lipinski definition) is 2. The third-order valence-corrected chi connectivity index (χ3v) is 2.87. The number of anilines is 2. The molecule has 3 rings (SSSR count). The first-order chi connectivity index (χ1) is 7.79. The summed E-state index contributed by atoms with van der Waals surface area (Å²) in [5.41, 5.74) is 9.72. The van der Waals surface area contributed by atoms with Gasteiger partial charge >= 0.3 is 0 Å². The average molecular weight is 218 g/mol. The van der Waals surface area contributed by atoms with Crippen molar-refractivity contribution in [3.05, 3.63) is 18.0 Å². The molecule has 2 heterocycles. The van der Waals surface area contributed by atoms with Gasteiger partial charge in [0.25, 0.3) is 0 Å². The standard InChI is InChI=1S/C11H14N4O/c1-16-6-10-14-9-5-7(12)4-8-11(9)15(10)3-2-13-8/h4-5,13H,2-3,6,12H2,1H3. The summed E-state index contributed by atoms with van der Waals surface area (Å²) in [7, 11) is 1.68. The molecular formula is C11H14N4O. The molecular weight excluding hydrogens is 204 g/mol. The van der Waals surface area contributed by atoms with Gasteiger partial charge in [0.1, 0.15) is 12.4 Å². The molecule has 1 aromatic carbocycles. The van der Waals surface area contributed by atoms with Gasteiger partial charge in [-0.05, 0) is 12.1 Å². The van der Waals surface area contributed by atoms with Crippen molar-refractivity contribution in [2.45, 2.75) is 13.2 Å². The van der Waals surface area contributed by atoms with Gasteiger partial charge in [-0.3, -0.25) is 0 Å². The SMILES string of the molecule is COCc1nc2cc(N)cc3c2n1CCN3. The molecule has 0 radical (unpaired) electrons. The maximum Gasteiger partial charge on any atom is 0.136 e. The zero-order valence-corrected chi connectivity index (χ0v) is 9.16. The molecule has 0 fully saturated rings. The van der Waals surface area contributed by atoms with Crippen LogP contribution in [0.4, 0.5) is 11.4 Å². The topological polar surface area (TPSA) is 65.1 Å². The third-order valence-electron chi connectivity index (χ3n) is 2.87. The Morgan fingerprint density at radius 3 is 3.25 bits per heavy atom. The van der Waals surface area contributed by atoms with Crippen molar-refractivity contribution in [1.82, 2.24) is 9.55 Å². The summed E-state index contributed by atoms with van der Waals surface area (Å²) >= 11 is 0. The molecule has 5 heteroatoms. The fourth-order valence-corrected chi connectivity index (χ4v) is 2.26. The summed E-state index contributed by atoms with van der Waals surface area (Å²) < 4.78 is 7.36. The highest BCUT2D eigenvalue weighted by Gasteiger charge is 2.17. The Hall–Kier alpha value is -1.75. The van der Waals surface area contributed by atoms with Gasteiger partial charge in [-0.25, -0.2) is 4.98 Å². The highest BCUT2D eigenvalue weighted by Crippen LogP contribution is 2.30. The lowest BCUT2D eigenvalue weighted by atomic mass is 10.2. The molecule has 0 saturated heterocycles. The number of nitrogens with two attached hydrogens (primary N) is 1. The monoisotopic (exact) mass is 218 g/mol. The van der Waals surface area contributed by atoms with Gasteiger partial charge in [-0.15, -0.1) is 0 Å². The van der Waals surface area contributed by atoms with E-state index >= 15 is 0 Å². The molecule has 0 atom stereocenters. The van der Waals surface area contributed by atoms with Crippen molar-refractivity contribution in [1.29, 1.82) is 0 Å². The predicted octanol–water partition coefficient (Wildman–Crippen LogP) is 1.19. The molecule has 0 bridgehead atoms. The number of nitrogens with zero attached hydrogens (tertiary/aromatic N) is 2. The van der Waals surface area contributed by atoms with Crippen molar-refractivity contribution in [3.63, 3.8) is 0 Å². The second-order valence-corrected chi connectivity index (χ2v) is 3.98. The normalized spacial score (nSPS) is 14.1. The molecule has 0 aliphatic carbocycles. The first-order valence-corrected chi connectivity index (χ1v) is 5.31. The minimum Gasteiger partial charge on any atom is -0.399 e. The van der Waals surface area contributed by atoms with Crippen molar-refractivity contribution >= 4 is 22.4 Å². The van der Waals surface area contributed by atoms with Crippen LogP contribution in [0.15, 0.2) is 12.1 Å². The van der Waals surface area contributed by atoms with Crippen LogP contribution in [-0.4, -0.2) is 23.2 Å². The summed E-state index contributed by atoms with van der Waals surface area (Å²) in [6.07, 6.45) is 0. The lowest BCUT2D eigenvalue weighted by molar-refractivity contribution is 0.175. The van der Waals surface area contributed by atoms with Crippen molar-refractivity contribution in [2.24, 2.45) is 0 Å². The smallest absolute Gasteiger partial charge is 0.136 e. The molecule has 5 nitrogen and oxygen atoms in total. The van der Waals surface area contributed by atoms with Crippen LogP contribution in [0, 0.1) is 0 Å². The van der Waals surface area contributed by atoms with Gasteiger partial charge in [-0.2, -0.15) is 0 Å². The van der Waals surface area contributed by atoms with E-state index in [1.165, 1.54) is 0 Å². The Balaban J connectivity index is 2.30. The second-order valence-electron chi connectivity index (χ2n) is 3.98. The van der Waals surface area contributed by atoms with E-state index in [0.29, 0.717) is 6.61 Å². The van der Waals surface area contributed by atoms with E-state index in [9.17, 15) is 0 Å². The van der Waals surface area contributed by atoms with E-state index in [-0.39, 0.29) is 0 Å². The Kier molecular flexibility index (Phi) is 2.00. The minimum atomic E-state index is 0.536. The van der Waals surface area contributed by atoms with E-state index in [2.05, 4.69) is 14.9 Å². The molecule has 0 spiro atoms. The van der Waals surface area contributed by atoms with Gasteiger partial charge in [0.2, 0.25) is 0 Å². The van der Waals surface area contributed by atoms with Gasteiger partial charge < -0.3 is 20.4 Å². The molecule has 1 aliphatic rings. The van der Waals surface area contributed by atoms with Crippen LogP contribution >= 0.6 is 0 Å². The molecule has 1 aromatic heterocycles. The number of imidazole rings is 1. The number of rotatable bonds is 2. The van der Waals surface area contributed by atoms with Crippen LogP contribution in [-0.2, 0) is 17.9 Å². The van der Waals surface area contributed by atoms with Crippen LogP contribution < -0.4 is 11.1 Å². The summed E-state index contributed by atoms with van der Waals surface area (Å²) in [5, 5.41) is 3.34. The van der Waals surface area contributed by atoms with E-state index in [0.717, 1.165) is 41.3 Å². The first-order valence-electron chi connectivity index (χ1n) is 5.31. The number of aromatic nitrogens is 2. The highest BCUT2D eigenvalue weighted by molar-refractivity contribution is 5.92. The molecule has 16 heavy (non-hydrogen) atoms. The van der Waals surface area contributed by atoms with Crippen LogP contribution in [0.2, 0.25) is 0 Å². The zero-order valence-electron chi connectivity index (χ0n) is 9.16. The molecule has 3 N–H and O–H groups in total. The van der Waals surface area contributed by atoms with Crippen molar-refractivity contribution in [3.8, 4) is 0 Å². The molecule has 0 unspecified atom stereocenters. The van der Waals surface area contributed by atoms with Gasteiger partial charge in [0, 0.05) is 25.9 Å².